The van der Waals surface area contributed by atoms with Crippen molar-refractivity contribution in [1.82, 2.24) is 0 Å². The van der Waals surface area contributed by atoms with Gasteiger partial charge < -0.3 is 9.90 Å². The summed E-state index contributed by atoms with van der Waals surface area (Å²) in [7, 11) is 0. The molecule has 1 saturated carbocycles. The van der Waals surface area contributed by atoms with Crippen LogP contribution in [0.15, 0.2) is 18.2 Å². The molecule has 1 N–H and O–H groups in total. The smallest absolute Gasteiger partial charge is 0.126 e. The molecule has 4 atom stereocenters. The first kappa shape index (κ1) is 15.7. The minimum absolute atomic E-state index is 0.0119. The van der Waals surface area contributed by atoms with Crippen molar-refractivity contribution in [2.24, 2.45) is 11.3 Å². The number of aldehydes is 1. The van der Waals surface area contributed by atoms with E-state index in [1.54, 1.807) is 0 Å². The largest absolute Gasteiger partial charge is 0.388 e. The lowest BCUT2D eigenvalue weighted by atomic mass is 9.49. The van der Waals surface area contributed by atoms with Gasteiger partial charge in [-0.15, -0.1) is 0 Å². The molecule has 2 heteroatoms. The van der Waals surface area contributed by atoms with Crippen molar-refractivity contribution in [3.05, 3.63) is 34.9 Å². The number of hydrogen-bond acceptors (Lipinski definition) is 2. The van der Waals surface area contributed by atoms with Crippen molar-refractivity contribution >= 4 is 6.29 Å². The van der Waals surface area contributed by atoms with Crippen LogP contribution in [0.2, 0.25) is 0 Å². The summed E-state index contributed by atoms with van der Waals surface area (Å²) in [5.41, 5.74) is 3.36. The maximum atomic E-state index is 11.8. The molecule has 0 spiro atoms. The average Bonchev–Trinajstić information content (AvgIpc) is 2.49. The van der Waals surface area contributed by atoms with E-state index in [9.17, 15) is 9.90 Å². The van der Waals surface area contributed by atoms with Gasteiger partial charge in [-0.1, -0.05) is 52.3 Å². The first-order chi connectivity index (χ1) is 10.3. The maximum Gasteiger partial charge on any atom is 0.126 e. The van der Waals surface area contributed by atoms with Gasteiger partial charge in [-0.05, 0) is 53.2 Å². The minimum Gasteiger partial charge on any atom is -0.388 e. The monoisotopic (exact) mass is 300 g/mol. The topological polar surface area (TPSA) is 37.3 Å². The number of rotatable bonds is 2. The fourth-order valence-corrected chi connectivity index (χ4v) is 4.99. The second-order valence-corrected chi connectivity index (χ2v) is 8.20. The molecule has 0 aliphatic heterocycles. The van der Waals surface area contributed by atoms with Gasteiger partial charge in [-0.3, -0.25) is 0 Å². The van der Waals surface area contributed by atoms with Crippen LogP contribution >= 0.6 is 0 Å². The molecule has 3 rings (SSSR count). The van der Waals surface area contributed by atoms with Crippen LogP contribution in [0.1, 0.15) is 82.1 Å². The Bertz CT molecular complexity index is 591. The van der Waals surface area contributed by atoms with E-state index < -0.39 is 6.10 Å². The molecule has 0 radical (unpaired) electrons. The highest BCUT2D eigenvalue weighted by Gasteiger charge is 2.53. The number of aliphatic hydroxyl groups excluding tert-OH is 1. The summed E-state index contributed by atoms with van der Waals surface area (Å²) in [5.74, 6) is 0.702. The van der Waals surface area contributed by atoms with E-state index in [4.69, 9.17) is 0 Å². The fraction of sp³-hybridized carbons (Fsp3) is 0.650. The first-order valence-corrected chi connectivity index (χ1v) is 8.60. The number of benzene rings is 1. The molecular formula is C20H28O2. The first-order valence-electron chi connectivity index (χ1n) is 8.60. The predicted octanol–water partition coefficient (Wildman–Crippen LogP) is 4.51. The summed E-state index contributed by atoms with van der Waals surface area (Å²) in [5, 5.41) is 10.7. The van der Waals surface area contributed by atoms with Gasteiger partial charge in [0.2, 0.25) is 0 Å². The van der Waals surface area contributed by atoms with Crippen LogP contribution in [-0.4, -0.2) is 11.4 Å². The third-order valence-corrected chi connectivity index (χ3v) is 6.42. The molecule has 0 amide bonds. The second-order valence-electron chi connectivity index (χ2n) is 8.20. The molecule has 0 aromatic heterocycles. The molecule has 2 aliphatic rings. The third-order valence-electron chi connectivity index (χ3n) is 6.42. The molecule has 0 bridgehead atoms. The number of fused-ring (bicyclic) bond motifs is 3. The Hall–Kier alpha value is -1.15. The Morgan fingerprint density at radius 1 is 1.27 bits per heavy atom. The van der Waals surface area contributed by atoms with Gasteiger partial charge in [0.1, 0.15) is 6.29 Å². The normalized spacial score (nSPS) is 37.5. The molecule has 120 valence electrons. The van der Waals surface area contributed by atoms with Gasteiger partial charge in [-0.25, -0.2) is 0 Å². The number of carbonyl (C=O) groups excluding carboxylic acids is 1. The number of hydrogen-bond donors (Lipinski definition) is 1. The highest BCUT2D eigenvalue weighted by atomic mass is 16.3. The quantitative estimate of drug-likeness (QED) is 0.816. The van der Waals surface area contributed by atoms with Crippen molar-refractivity contribution in [3.63, 3.8) is 0 Å². The highest BCUT2D eigenvalue weighted by Crippen LogP contribution is 2.58. The zero-order valence-electron chi connectivity index (χ0n) is 14.2. The lowest BCUT2D eigenvalue weighted by Crippen LogP contribution is -2.50. The van der Waals surface area contributed by atoms with Gasteiger partial charge >= 0.3 is 0 Å². The summed E-state index contributed by atoms with van der Waals surface area (Å²) >= 11 is 0. The maximum absolute atomic E-state index is 11.8. The van der Waals surface area contributed by atoms with Crippen LogP contribution in [0, 0.1) is 11.3 Å². The van der Waals surface area contributed by atoms with E-state index in [-0.39, 0.29) is 16.7 Å². The van der Waals surface area contributed by atoms with Crippen molar-refractivity contribution in [3.8, 4) is 0 Å². The van der Waals surface area contributed by atoms with Crippen LogP contribution in [0.4, 0.5) is 0 Å². The van der Waals surface area contributed by atoms with Crippen LogP contribution in [-0.2, 0) is 10.2 Å². The van der Waals surface area contributed by atoms with Crippen molar-refractivity contribution in [2.75, 3.05) is 0 Å². The summed E-state index contributed by atoms with van der Waals surface area (Å²) < 4.78 is 0. The van der Waals surface area contributed by atoms with E-state index in [2.05, 4.69) is 45.9 Å². The summed E-state index contributed by atoms with van der Waals surface area (Å²) in [6.45, 7) is 8.76. The van der Waals surface area contributed by atoms with E-state index >= 15 is 0 Å². The van der Waals surface area contributed by atoms with E-state index in [0.717, 1.165) is 31.1 Å². The van der Waals surface area contributed by atoms with Gasteiger partial charge in [0.15, 0.2) is 0 Å². The molecule has 22 heavy (non-hydrogen) atoms. The fourth-order valence-electron chi connectivity index (χ4n) is 4.99. The van der Waals surface area contributed by atoms with E-state index in [0.29, 0.717) is 12.3 Å². The molecule has 1 aromatic carbocycles. The lowest BCUT2D eigenvalue weighted by molar-refractivity contribution is -0.124. The summed E-state index contributed by atoms with van der Waals surface area (Å²) in [6.07, 6.45) is 4.56. The third kappa shape index (κ3) is 2.15. The van der Waals surface area contributed by atoms with E-state index in [1.165, 1.54) is 11.1 Å². The molecule has 1 aromatic rings. The van der Waals surface area contributed by atoms with E-state index in [1.807, 2.05) is 0 Å². The van der Waals surface area contributed by atoms with Gasteiger partial charge in [0, 0.05) is 5.41 Å². The van der Waals surface area contributed by atoms with Crippen LogP contribution < -0.4 is 0 Å². The molecule has 1 fully saturated rings. The van der Waals surface area contributed by atoms with Crippen LogP contribution in [0.3, 0.4) is 0 Å². The van der Waals surface area contributed by atoms with Gasteiger partial charge in [0.05, 0.1) is 6.10 Å². The Balaban J connectivity index is 2.13. The molecule has 0 heterocycles. The van der Waals surface area contributed by atoms with Crippen LogP contribution in [0.5, 0.6) is 0 Å². The van der Waals surface area contributed by atoms with Crippen molar-refractivity contribution in [1.29, 1.82) is 0 Å². The Kier molecular flexibility index (Phi) is 3.71. The molecule has 1 unspecified atom stereocenters. The van der Waals surface area contributed by atoms with Crippen molar-refractivity contribution in [2.45, 2.75) is 70.8 Å². The number of carbonyl (C=O) groups is 1. The zero-order chi connectivity index (χ0) is 16.1. The summed E-state index contributed by atoms with van der Waals surface area (Å²) in [6, 6.07) is 6.62. The molecule has 0 saturated heterocycles. The van der Waals surface area contributed by atoms with Crippen LogP contribution in [0.25, 0.3) is 0 Å². The van der Waals surface area contributed by atoms with Crippen molar-refractivity contribution < 1.29 is 9.90 Å². The minimum atomic E-state index is -0.441. The average molecular weight is 300 g/mol. The highest BCUT2D eigenvalue weighted by molar-refractivity contribution is 5.61. The Morgan fingerprint density at radius 2 is 2.00 bits per heavy atom. The molecular weight excluding hydrogens is 272 g/mol. The van der Waals surface area contributed by atoms with Gasteiger partial charge in [-0.2, -0.15) is 0 Å². The Morgan fingerprint density at radius 3 is 2.64 bits per heavy atom. The molecule has 2 nitrogen and oxygen atoms in total. The summed E-state index contributed by atoms with van der Waals surface area (Å²) in [4.78, 5) is 11.8. The molecule has 2 aliphatic carbocycles. The Labute approximate surface area is 133 Å². The van der Waals surface area contributed by atoms with Gasteiger partial charge in [0.25, 0.3) is 0 Å². The number of aliphatic hydroxyl groups is 1. The zero-order valence-corrected chi connectivity index (χ0v) is 14.2. The standard InChI is InChI=1S/C20H28O2/c1-13(2)14-6-7-16-15(10-14)17(22)11-18-19(3,12-21)8-5-9-20(16,18)4/h6-7,10,12-13,17-18,22H,5,8-9,11H2,1-4H3/t17-,18?,19+,20+/m0/s1. The second kappa shape index (κ2) is 5.19. The SMILES string of the molecule is CC(C)c1ccc2c(c1)[C@@H](O)CC1[C@@](C)(C=O)CCC[C@]21C. The lowest BCUT2D eigenvalue weighted by Gasteiger charge is -2.54. The predicted molar refractivity (Wildman–Crippen MR) is 89.0 cm³/mol.